The van der Waals surface area contributed by atoms with Gasteiger partial charge in [-0.2, -0.15) is 0 Å². The van der Waals surface area contributed by atoms with E-state index in [9.17, 15) is 4.79 Å². The van der Waals surface area contributed by atoms with Gasteiger partial charge in [-0.05, 0) is 23.8 Å². The molecule has 2 nitrogen and oxygen atoms in total. The highest BCUT2D eigenvalue weighted by molar-refractivity contribution is 6.30. The number of hydrogen-bond acceptors (Lipinski definition) is 2. The number of esters is 1. The SMILES string of the molecule is CC(=O)OC/C=C\c1ccc(Cl)cc1. The van der Waals surface area contributed by atoms with Crippen molar-refractivity contribution >= 4 is 23.6 Å². The third kappa shape index (κ3) is 4.10. The molecule has 0 fully saturated rings. The van der Waals surface area contributed by atoms with Gasteiger partial charge in [-0.15, -0.1) is 0 Å². The molecule has 1 rings (SSSR count). The largest absolute Gasteiger partial charge is 0.462 e. The van der Waals surface area contributed by atoms with Gasteiger partial charge in [0.2, 0.25) is 0 Å². The molecule has 0 saturated heterocycles. The molecule has 0 aromatic heterocycles. The Balaban J connectivity index is 2.44. The lowest BCUT2D eigenvalue weighted by atomic mass is 10.2. The minimum atomic E-state index is -0.272. The van der Waals surface area contributed by atoms with Crippen LogP contribution >= 0.6 is 11.6 Å². The molecule has 0 aliphatic heterocycles. The van der Waals surface area contributed by atoms with Crippen LogP contribution in [0.2, 0.25) is 5.02 Å². The lowest BCUT2D eigenvalue weighted by Crippen LogP contribution is -1.97. The molecule has 3 heteroatoms. The number of ether oxygens (including phenoxy) is 1. The summed E-state index contributed by atoms with van der Waals surface area (Å²) in [4.78, 5) is 10.4. The summed E-state index contributed by atoms with van der Waals surface area (Å²) < 4.78 is 4.74. The first-order valence-corrected chi connectivity index (χ1v) is 4.62. The van der Waals surface area contributed by atoms with Crippen LogP contribution in [-0.4, -0.2) is 12.6 Å². The van der Waals surface area contributed by atoms with Gasteiger partial charge >= 0.3 is 5.97 Å². The molecule has 0 atom stereocenters. The second-order valence-electron chi connectivity index (χ2n) is 2.76. The average molecular weight is 211 g/mol. The summed E-state index contributed by atoms with van der Waals surface area (Å²) in [7, 11) is 0. The van der Waals surface area contributed by atoms with Gasteiger partial charge in [-0.3, -0.25) is 4.79 Å². The molecule has 0 saturated carbocycles. The number of carbonyl (C=O) groups is 1. The van der Waals surface area contributed by atoms with E-state index in [1.165, 1.54) is 6.92 Å². The Bertz CT molecular complexity index is 328. The summed E-state index contributed by atoms with van der Waals surface area (Å²) in [5, 5.41) is 0.710. The minimum absolute atomic E-state index is 0.272. The van der Waals surface area contributed by atoms with Crippen molar-refractivity contribution in [1.82, 2.24) is 0 Å². The molecule has 0 unspecified atom stereocenters. The normalized spacial score (nSPS) is 10.4. The quantitative estimate of drug-likeness (QED) is 0.718. The standard InChI is InChI=1S/C11H11ClO2/c1-9(13)14-8-2-3-10-4-6-11(12)7-5-10/h2-7H,8H2,1H3/b3-2-. The fourth-order valence-corrected chi connectivity index (χ4v) is 1.05. The Morgan fingerprint density at radius 2 is 2.07 bits per heavy atom. The van der Waals surface area contributed by atoms with E-state index >= 15 is 0 Å². The zero-order chi connectivity index (χ0) is 10.4. The molecule has 0 bridgehead atoms. The van der Waals surface area contributed by atoms with Gasteiger partial charge in [0.1, 0.15) is 6.61 Å². The first-order valence-electron chi connectivity index (χ1n) is 4.24. The van der Waals surface area contributed by atoms with Crippen LogP contribution in [0.3, 0.4) is 0 Å². The number of benzene rings is 1. The summed E-state index contributed by atoms with van der Waals surface area (Å²) in [6.07, 6.45) is 3.66. The highest BCUT2D eigenvalue weighted by Gasteiger charge is 1.89. The van der Waals surface area contributed by atoms with Crippen molar-refractivity contribution in [2.24, 2.45) is 0 Å². The predicted molar refractivity (Wildman–Crippen MR) is 57.1 cm³/mol. The maximum Gasteiger partial charge on any atom is 0.302 e. The monoisotopic (exact) mass is 210 g/mol. The zero-order valence-corrected chi connectivity index (χ0v) is 8.62. The van der Waals surface area contributed by atoms with E-state index in [1.807, 2.05) is 30.3 Å². The molecule has 0 N–H and O–H groups in total. The molecule has 0 aliphatic carbocycles. The third-order valence-corrected chi connectivity index (χ3v) is 1.82. The van der Waals surface area contributed by atoms with Gasteiger partial charge in [-0.1, -0.05) is 29.8 Å². The second-order valence-corrected chi connectivity index (χ2v) is 3.19. The highest BCUT2D eigenvalue weighted by atomic mass is 35.5. The molecule has 0 radical (unpaired) electrons. The van der Waals surface area contributed by atoms with Crippen LogP contribution in [-0.2, 0) is 9.53 Å². The molecular weight excluding hydrogens is 200 g/mol. The number of carbonyl (C=O) groups excluding carboxylic acids is 1. The van der Waals surface area contributed by atoms with Crippen LogP contribution in [0.5, 0.6) is 0 Å². The second kappa shape index (κ2) is 5.45. The third-order valence-electron chi connectivity index (χ3n) is 1.56. The molecule has 14 heavy (non-hydrogen) atoms. The molecule has 0 aliphatic rings. The highest BCUT2D eigenvalue weighted by Crippen LogP contribution is 2.10. The van der Waals surface area contributed by atoms with Crippen molar-refractivity contribution in [3.63, 3.8) is 0 Å². The van der Waals surface area contributed by atoms with Crippen LogP contribution in [0.25, 0.3) is 6.08 Å². The van der Waals surface area contributed by atoms with Crippen molar-refractivity contribution in [1.29, 1.82) is 0 Å². The van der Waals surface area contributed by atoms with Gasteiger partial charge in [0.15, 0.2) is 0 Å². The van der Waals surface area contributed by atoms with Crippen LogP contribution in [0, 0.1) is 0 Å². The van der Waals surface area contributed by atoms with Gasteiger partial charge in [0, 0.05) is 11.9 Å². The van der Waals surface area contributed by atoms with E-state index in [-0.39, 0.29) is 5.97 Å². The van der Waals surface area contributed by atoms with Crippen LogP contribution < -0.4 is 0 Å². The maximum absolute atomic E-state index is 10.4. The summed E-state index contributed by atoms with van der Waals surface area (Å²) >= 11 is 5.72. The summed E-state index contributed by atoms with van der Waals surface area (Å²) in [5.41, 5.74) is 1.03. The Morgan fingerprint density at radius 3 is 2.64 bits per heavy atom. The fraction of sp³-hybridized carbons (Fsp3) is 0.182. The number of halogens is 1. The number of hydrogen-bond donors (Lipinski definition) is 0. The zero-order valence-electron chi connectivity index (χ0n) is 7.87. The number of rotatable bonds is 3. The molecular formula is C11H11ClO2. The molecule has 0 amide bonds. The Kier molecular flexibility index (Phi) is 4.20. The van der Waals surface area contributed by atoms with E-state index in [4.69, 9.17) is 16.3 Å². The lowest BCUT2D eigenvalue weighted by Gasteiger charge is -1.95. The molecule has 1 aromatic rings. The van der Waals surface area contributed by atoms with Crippen LogP contribution in [0.1, 0.15) is 12.5 Å². The first-order chi connectivity index (χ1) is 6.68. The smallest absolute Gasteiger partial charge is 0.302 e. The van der Waals surface area contributed by atoms with E-state index in [0.717, 1.165) is 5.56 Å². The van der Waals surface area contributed by atoms with Crippen molar-refractivity contribution in [2.45, 2.75) is 6.92 Å². The average Bonchev–Trinajstić information content (AvgIpc) is 2.15. The summed E-state index contributed by atoms with van der Waals surface area (Å²) in [5.74, 6) is -0.272. The van der Waals surface area contributed by atoms with Gasteiger partial charge in [-0.25, -0.2) is 0 Å². The van der Waals surface area contributed by atoms with E-state index < -0.39 is 0 Å². The summed E-state index contributed by atoms with van der Waals surface area (Å²) in [6.45, 7) is 1.69. The van der Waals surface area contributed by atoms with Crippen LogP contribution in [0.4, 0.5) is 0 Å². The molecule has 0 heterocycles. The van der Waals surface area contributed by atoms with Gasteiger partial charge in [0.05, 0.1) is 0 Å². The summed E-state index contributed by atoms with van der Waals surface area (Å²) in [6, 6.07) is 7.42. The lowest BCUT2D eigenvalue weighted by molar-refractivity contribution is -0.139. The van der Waals surface area contributed by atoms with Gasteiger partial charge in [0.25, 0.3) is 0 Å². The minimum Gasteiger partial charge on any atom is -0.462 e. The van der Waals surface area contributed by atoms with Crippen molar-refractivity contribution in [2.75, 3.05) is 6.61 Å². The van der Waals surface area contributed by atoms with Crippen LogP contribution in [0.15, 0.2) is 30.3 Å². The first kappa shape index (κ1) is 10.8. The predicted octanol–water partition coefficient (Wildman–Crippen LogP) is 2.92. The Hall–Kier alpha value is -1.28. The van der Waals surface area contributed by atoms with E-state index in [0.29, 0.717) is 11.6 Å². The molecule has 0 spiro atoms. The van der Waals surface area contributed by atoms with Crippen molar-refractivity contribution < 1.29 is 9.53 Å². The fourth-order valence-electron chi connectivity index (χ4n) is 0.924. The topological polar surface area (TPSA) is 26.3 Å². The molecule has 1 aromatic carbocycles. The van der Waals surface area contributed by atoms with Crippen molar-refractivity contribution in [3.8, 4) is 0 Å². The van der Waals surface area contributed by atoms with Gasteiger partial charge < -0.3 is 4.74 Å². The Labute approximate surface area is 88.1 Å². The maximum atomic E-state index is 10.4. The Morgan fingerprint density at radius 1 is 1.43 bits per heavy atom. The van der Waals surface area contributed by atoms with E-state index in [2.05, 4.69) is 0 Å². The van der Waals surface area contributed by atoms with Crippen molar-refractivity contribution in [3.05, 3.63) is 40.9 Å². The van der Waals surface area contributed by atoms with E-state index in [1.54, 1.807) is 6.08 Å². The molecule has 74 valence electrons.